The van der Waals surface area contributed by atoms with Gasteiger partial charge in [-0.25, -0.2) is 9.97 Å². The Balaban J connectivity index is 1.54. The number of nitriles is 1. The molecule has 4 aromatic rings. The fourth-order valence-electron chi connectivity index (χ4n) is 3.51. The van der Waals surface area contributed by atoms with Gasteiger partial charge in [-0.1, -0.05) is 18.2 Å². The highest BCUT2D eigenvalue weighted by Gasteiger charge is 2.21. The van der Waals surface area contributed by atoms with Crippen LogP contribution in [0.4, 0.5) is 17.2 Å². The van der Waals surface area contributed by atoms with Crippen molar-refractivity contribution in [3.8, 4) is 23.2 Å². The van der Waals surface area contributed by atoms with Gasteiger partial charge in [0.25, 0.3) is 5.91 Å². The van der Waals surface area contributed by atoms with E-state index in [0.29, 0.717) is 28.6 Å². The maximum Gasteiger partial charge on any atom is 0.255 e. The van der Waals surface area contributed by atoms with E-state index in [-0.39, 0.29) is 5.91 Å². The van der Waals surface area contributed by atoms with Crippen molar-refractivity contribution in [2.45, 2.75) is 26.2 Å². The summed E-state index contributed by atoms with van der Waals surface area (Å²) in [6.07, 6.45) is 4.96. The van der Waals surface area contributed by atoms with E-state index in [1.165, 1.54) is 0 Å². The molecular formula is C28H26N6O2. The second-order valence-electron chi connectivity index (χ2n) is 8.81. The zero-order valence-electron chi connectivity index (χ0n) is 20.5. The van der Waals surface area contributed by atoms with Gasteiger partial charge < -0.3 is 15.4 Å². The first-order valence-corrected chi connectivity index (χ1v) is 11.3. The van der Waals surface area contributed by atoms with Crippen molar-refractivity contribution in [1.82, 2.24) is 15.0 Å². The highest BCUT2D eigenvalue weighted by molar-refractivity contribution is 6.04. The van der Waals surface area contributed by atoms with Crippen molar-refractivity contribution < 1.29 is 9.53 Å². The Morgan fingerprint density at radius 2 is 1.92 bits per heavy atom. The number of nitrogens with zero attached hydrogens (tertiary/aromatic N) is 4. The standard InChI is InChI=1S/C28H26N6O2/c1-18-8-9-22(32-27(35)19-6-5-7-21(12-19)28(2,3)17-29)14-24(18)33-25-10-11-31-26(34-25)20-13-23(36-4)16-30-15-20/h5-16H,1-4H3,(H,32,35)(H,31,33,34). The quantitative estimate of drug-likeness (QED) is 0.353. The number of rotatable bonds is 7. The van der Waals surface area contributed by atoms with Gasteiger partial charge in [-0.15, -0.1) is 0 Å². The van der Waals surface area contributed by atoms with Crippen molar-refractivity contribution in [3.05, 3.63) is 89.9 Å². The third-order valence-corrected chi connectivity index (χ3v) is 5.75. The monoisotopic (exact) mass is 478 g/mol. The molecule has 1 amide bonds. The summed E-state index contributed by atoms with van der Waals surface area (Å²) < 4.78 is 5.24. The van der Waals surface area contributed by atoms with Crippen LogP contribution in [0.15, 0.2) is 73.2 Å². The summed E-state index contributed by atoms with van der Waals surface area (Å²) in [5.74, 6) is 1.47. The van der Waals surface area contributed by atoms with Gasteiger partial charge in [0.15, 0.2) is 5.82 Å². The molecule has 8 heteroatoms. The van der Waals surface area contributed by atoms with Gasteiger partial charge in [-0.2, -0.15) is 5.26 Å². The fourth-order valence-corrected chi connectivity index (χ4v) is 3.51. The van der Waals surface area contributed by atoms with Crippen LogP contribution in [-0.4, -0.2) is 28.0 Å². The summed E-state index contributed by atoms with van der Waals surface area (Å²) in [4.78, 5) is 26.1. The second-order valence-corrected chi connectivity index (χ2v) is 8.81. The van der Waals surface area contributed by atoms with Crippen LogP contribution in [-0.2, 0) is 5.41 Å². The number of amides is 1. The molecule has 180 valence electrons. The number of pyridine rings is 1. The maximum atomic E-state index is 12.9. The fraction of sp³-hybridized carbons (Fsp3) is 0.179. The van der Waals surface area contributed by atoms with Crippen LogP contribution in [0.2, 0.25) is 0 Å². The summed E-state index contributed by atoms with van der Waals surface area (Å²) >= 11 is 0. The minimum atomic E-state index is -0.686. The van der Waals surface area contributed by atoms with E-state index >= 15 is 0 Å². The van der Waals surface area contributed by atoms with Gasteiger partial charge in [-0.3, -0.25) is 9.78 Å². The minimum Gasteiger partial charge on any atom is -0.495 e. The first kappa shape index (κ1) is 24.4. The second kappa shape index (κ2) is 10.2. The number of aryl methyl sites for hydroxylation is 1. The molecule has 0 spiro atoms. The molecule has 0 aliphatic rings. The largest absolute Gasteiger partial charge is 0.495 e. The van der Waals surface area contributed by atoms with Crippen molar-refractivity contribution in [1.29, 1.82) is 5.26 Å². The summed E-state index contributed by atoms with van der Waals surface area (Å²) in [5.41, 5.74) is 3.72. The first-order valence-electron chi connectivity index (χ1n) is 11.3. The Kier molecular flexibility index (Phi) is 6.93. The SMILES string of the molecule is COc1cncc(-c2nccc(Nc3cc(NC(=O)c4cccc(C(C)(C)C#N)c4)ccc3C)n2)c1. The molecule has 0 unspecified atom stereocenters. The molecule has 4 rings (SSSR count). The van der Waals surface area contributed by atoms with Gasteiger partial charge in [0.05, 0.1) is 24.8 Å². The molecule has 0 radical (unpaired) electrons. The van der Waals surface area contributed by atoms with E-state index in [1.54, 1.807) is 50.0 Å². The topological polar surface area (TPSA) is 113 Å². The molecule has 0 atom stereocenters. The number of nitrogens with one attached hydrogen (secondary N) is 2. The Bertz CT molecular complexity index is 1460. The van der Waals surface area contributed by atoms with Crippen LogP contribution in [0.25, 0.3) is 11.4 Å². The van der Waals surface area contributed by atoms with E-state index in [4.69, 9.17) is 4.74 Å². The average Bonchev–Trinajstić information content (AvgIpc) is 2.91. The highest BCUT2D eigenvalue weighted by Crippen LogP contribution is 2.27. The Labute approximate surface area is 210 Å². The van der Waals surface area contributed by atoms with Crippen LogP contribution in [0.3, 0.4) is 0 Å². The van der Waals surface area contributed by atoms with E-state index in [9.17, 15) is 10.1 Å². The molecule has 0 saturated heterocycles. The molecule has 0 saturated carbocycles. The Morgan fingerprint density at radius 3 is 2.69 bits per heavy atom. The van der Waals surface area contributed by atoms with Crippen molar-refractivity contribution in [3.63, 3.8) is 0 Å². The lowest BCUT2D eigenvalue weighted by molar-refractivity contribution is 0.102. The smallest absolute Gasteiger partial charge is 0.255 e. The lowest BCUT2D eigenvalue weighted by atomic mass is 9.85. The predicted octanol–water partition coefficient (Wildman–Crippen LogP) is 5.65. The zero-order valence-corrected chi connectivity index (χ0v) is 20.5. The van der Waals surface area contributed by atoms with E-state index < -0.39 is 5.41 Å². The number of carbonyl (C=O) groups is 1. The number of anilines is 3. The van der Waals surface area contributed by atoms with E-state index in [1.807, 2.05) is 51.1 Å². The lowest BCUT2D eigenvalue weighted by Gasteiger charge is -2.17. The normalized spacial score (nSPS) is 10.9. The van der Waals surface area contributed by atoms with Gasteiger partial charge in [0, 0.05) is 34.9 Å². The van der Waals surface area contributed by atoms with Gasteiger partial charge >= 0.3 is 0 Å². The molecule has 0 bridgehead atoms. The molecule has 0 fully saturated rings. The minimum absolute atomic E-state index is 0.254. The number of hydrogen-bond donors (Lipinski definition) is 2. The summed E-state index contributed by atoms with van der Waals surface area (Å²) in [6.45, 7) is 5.62. The van der Waals surface area contributed by atoms with Gasteiger partial charge in [0.2, 0.25) is 0 Å². The number of carbonyl (C=O) groups excluding carboxylic acids is 1. The maximum absolute atomic E-state index is 12.9. The molecule has 36 heavy (non-hydrogen) atoms. The van der Waals surface area contributed by atoms with Crippen LogP contribution in [0.5, 0.6) is 5.75 Å². The van der Waals surface area contributed by atoms with Gasteiger partial charge in [-0.05, 0) is 68.3 Å². The third-order valence-electron chi connectivity index (χ3n) is 5.75. The van der Waals surface area contributed by atoms with E-state index in [2.05, 4.69) is 31.7 Å². The molecule has 0 aliphatic heterocycles. The zero-order chi connectivity index (χ0) is 25.7. The number of methoxy groups -OCH3 is 1. The number of ether oxygens (including phenoxy) is 1. The molecular weight excluding hydrogens is 452 g/mol. The Hall–Kier alpha value is -4.77. The molecule has 2 aromatic heterocycles. The molecule has 0 aliphatic carbocycles. The number of aromatic nitrogens is 3. The molecule has 8 nitrogen and oxygen atoms in total. The average molecular weight is 479 g/mol. The van der Waals surface area contributed by atoms with Crippen LogP contribution < -0.4 is 15.4 Å². The van der Waals surface area contributed by atoms with Crippen molar-refractivity contribution >= 4 is 23.1 Å². The lowest BCUT2D eigenvalue weighted by Crippen LogP contribution is -2.17. The van der Waals surface area contributed by atoms with Crippen LogP contribution in [0.1, 0.15) is 35.3 Å². The molecule has 2 N–H and O–H groups in total. The third kappa shape index (κ3) is 5.47. The first-order chi connectivity index (χ1) is 17.3. The summed E-state index contributed by atoms with van der Waals surface area (Å²) in [7, 11) is 1.58. The van der Waals surface area contributed by atoms with Crippen molar-refractivity contribution in [2.75, 3.05) is 17.7 Å². The predicted molar refractivity (Wildman–Crippen MR) is 139 cm³/mol. The molecule has 2 aromatic carbocycles. The van der Waals surface area contributed by atoms with Crippen molar-refractivity contribution in [2.24, 2.45) is 0 Å². The summed E-state index contributed by atoms with van der Waals surface area (Å²) in [5, 5.41) is 15.7. The Morgan fingerprint density at radius 1 is 1.08 bits per heavy atom. The number of benzene rings is 2. The van der Waals surface area contributed by atoms with E-state index in [0.717, 1.165) is 22.4 Å². The molecule has 2 heterocycles. The summed E-state index contributed by atoms with van der Waals surface area (Å²) in [6, 6.07) is 18.6. The van der Waals surface area contributed by atoms with Crippen LogP contribution >= 0.6 is 0 Å². The highest BCUT2D eigenvalue weighted by atomic mass is 16.5. The van der Waals surface area contributed by atoms with Crippen LogP contribution in [0, 0.1) is 18.3 Å². The number of hydrogen-bond acceptors (Lipinski definition) is 7. The van der Waals surface area contributed by atoms with Gasteiger partial charge in [0.1, 0.15) is 11.6 Å².